The van der Waals surface area contributed by atoms with Crippen molar-refractivity contribution in [1.29, 1.82) is 0 Å². The molecule has 0 spiro atoms. The third-order valence-corrected chi connectivity index (χ3v) is 7.68. The van der Waals surface area contributed by atoms with Crippen LogP contribution in [0.1, 0.15) is 36.0 Å². The zero-order chi connectivity index (χ0) is 19.0. The number of piperidine rings is 1. The van der Waals surface area contributed by atoms with E-state index in [-0.39, 0.29) is 41.4 Å². The third kappa shape index (κ3) is 2.16. The van der Waals surface area contributed by atoms with Crippen LogP contribution in [0.25, 0.3) is 0 Å². The Morgan fingerprint density at radius 3 is 1.96 bits per heavy atom. The van der Waals surface area contributed by atoms with Gasteiger partial charge in [0, 0.05) is 18.7 Å². The molecule has 7 rings (SSSR count). The van der Waals surface area contributed by atoms with E-state index in [2.05, 4.69) is 12.2 Å². The van der Waals surface area contributed by atoms with Gasteiger partial charge in [-0.3, -0.25) is 19.3 Å². The molecule has 2 saturated carbocycles. The zero-order valence-corrected chi connectivity index (χ0v) is 15.8. The van der Waals surface area contributed by atoms with E-state index in [0.717, 1.165) is 25.9 Å². The average Bonchev–Trinajstić information content (AvgIpc) is 3.52. The van der Waals surface area contributed by atoms with Gasteiger partial charge in [-0.2, -0.15) is 0 Å². The summed E-state index contributed by atoms with van der Waals surface area (Å²) < 4.78 is 0. The molecule has 2 aliphatic heterocycles. The number of nitrogens with zero attached hydrogens (tertiary/aromatic N) is 2. The van der Waals surface area contributed by atoms with Gasteiger partial charge in [-0.05, 0) is 73.6 Å². The fourth-order valence-corrected chi connectivity index (χ4v) is 6.24. The van der Waals surface area contributed by atoms with Gasteiger partial charge in [0.15, 0.2) is 0 Å². The van der Waals surface area contributed by atoms with Crippen molar-refractivity contribution in [1.82, 2.24) is 4.90 Å². The number of allylic oxidation sites excluding steroid dienone is 2. The monoisotopic (exact) mass is 376 g/mol. The number of hydrogen-bond donors (Lipinski definition) is 0. The van der Waals surface area contributed by atoms with Gasteiger partial charge >= 0.3 is 0 Å². The van der Waals surface area contributed by atoms with Crippen LogP contribution in [0.5, 0.6) is 0 Å². The predicted molar refractivity (Wildman–Crippen MR) is 103 cm³/mol. The number of carbonyl (C=O) groups excluding carboxylic acids is 3. The number of imide groups is 1. The van der Waals surface area contributed by atoms with Crippen molar-refractivity contribution in [2.24, 2.45) is 35.5 Å². The van der Waals surface area contributed by atoms with Gasteiger partial charge in [0.05, 0.1) is 17.5 Å². The number of amides is 3. The van der Waals surface area contributed by atoms with Crippen molar-refractivity contribution in [3.8, 4) is 0 Å². The Hall–Kier alpha value is -2.43. The molecule has 3 amide bonds. The van der Waals surface area contributed by atoms with E-state index in [1.807, 2.05) is 4.90 Å². The first-order valence-electron chi connectivity index (χ1n) is 10.6. The van der Waals surface area contributed by atoms with Crippen molar-refractivity contribution < 1.29 is 14.4 Å². The second-order valence-electron chi connectivity index (χ2n) is 9.07. The lowest BCUT2D eigenvalue weighted by atomic mass is 9.63. The number of anilines is 1. The lowest BCUT2D eigenvalue weighted by molar-refractivity contribution is -0.124. The van der Waals surface area contributed by atoms with Crippen molar-refractivity contribution >= 4 is 23.4 Å². The molecule has 0 radical (unpaired) electrons. The van der Waals surface area contributed by atoms with Crippen LogP contribution < -0.4 is 4.90 Å². The molecule has 28 heavy (non-hydrogen) atoms. The summed E-state index contributed by atoms with van der Waals surface area (Å²) in [6.07, 6.45) is 8.85. The standard InChI is InChI=1S/C23H24N2O3/c26-21(24-10-2-1-3-11-24)13-4-6-14(7-5-13)25-22(27)19-15-8-9-16(18-12-17(15)18)20(19)23(25)28/h4-9,15-20H,1-3,10-12H2/t15-,16-,17-,18-,19-,20+/m1/s1. The molecule has 4 aliphatic carbocycles. The van der Waals surface area contributed by atoms with Gasteiger partial charge in [0.1, 0.15) is 0 Å². The van der Waals surface area contributed by atoms with E-state index in [9.17, 15) is 14.4 Å². The molecule has 2 saturated heterocycles. The van der Waals surface area contributed by atoms with Gasteiger partial charge in [-0.25, -0.2) is 0 Å². The van der Waals surface area contributed by atoms with Crippen LogP contribution in [0.2, 0.25) is 0 Å². The summed E-state index contributed by atoms with van der Waals surface area (Å²) in [6.45, 7) is 1.62. The number of rotatable bonds is 2. The highest BCUT2D eigenvalue weighted by molar-refractivity contribution is 6.22. The Kier molecular flexibility index (Phi) is 3.41. The van der Waals surface area contributed by atoms with Crippen LogP contribution in [0.3, 0.4) is 0 Å². The molecule has 6 atom stereocenters. The molecule has 6 aliphatic rings. The molecular formula is C23H24N2O3. The van der Waals surface area contributed by atoms with Crippen molar-refractivity contribution in [2.75, 3.05) is 18.0 Å². The fourth-order valence-electron chi connectivity index (χ4n) is 6.24. The third-order valence-electron chi connectivity index (χ3n) is 7.68. The largest absolute Gasteiger partial charge is 0.339 e. The number of benzene rings is 1. The van der Waals surface area contributed by atoms with Crippen LogP contribution in [0, 0.1) is 35.5 Å². The van der Waals surface area contributed by atoms with E-state index in [1.54, 1.807) is 24.3 Å². The molecule has 144 valence electrons. The van der Waals surface area contributed by atoms with Gasteiger partial charge in [0.25, 0.3) is 5.91 Å². The second kappa shape index (κ2) is 5.79. The number of carbonyl (C=O) groups is 3. The second-order valence-corrected chi connectivity index (χ2v) is 9.07. The molecule has 5 nitrogen and oxygen atoms in total. The summed E-state index contributed by atoms with van der Waals surface area (Å²) >= 11 is 0. The minimum atomic E-state index is -0.180. The molecule has 2 heterocycles. The molecule has 1 aromatic carbocycles. The summed E-state index contributed by atoms with van der Waals surface area (Å²) in [7, 11) is 0. The summed E-state index contributed by atoms with van der Waals surface area (Å²) in [5.41, 5.74) is 1.23. The first kappa shape index (κ1) is 16.5. The maximum absolute atomic E-state index is 13.2. The lowest BCUT2D eigenvalue weighted by Gasteiger charge is -2.37. The minimum Gasteiger partial charge on any atom is -0.339 e. The Labute approximate surface area is 164 Å². The quantitative estimate of drug-likeness (QED) is 0.589. The Morgan fingerprint density at radius 2 is 1.39 bits per heavy atom. The van der Waals surface area contributed by atoms with E-state index in [1.165, 1.54) is 17.7 Å². The molecule has 2 bridgehead atoms. The van der Waals surface area contributed by atoms with E-state index >= 15 is 0 Å². The van der Waals surface area contributed by atoms with E-state index < -0.39 is 0 Å². The number of likely N-dealkylation sites (tertiary alicyclic amines) is 1. The Bertz CT molecular complexity index is 863. The first-order valence-corrected chi connectivity index (χ1v) is 10.6. The average molecular weight is 376 g/mol. The molecule has 4 fully saturated rings. The van der Waals surface area contributed by atoms with Crippen molar-refractivity contribution in [3.63, 3.8) is 0 Å². The Balaban J connectivity index is 1.26. The zero-order valence-electron chi connectivity index (χ0n) is 15.8. The summed E-state index contributed by atoms with van der Waals surface area (Å²) in [6, 6.07) is 7.05. The smallest absolute Gasteiger partial charge is 0.253 e. The van der Waals surface area contributed by atoms with Crippen LogP contribution in [-0.2, 0) is 9.59 Å². The SMILES string of the molecule is O=C(c1ccc(N2C(=O)[C@@H]3[C@@H]4C=C[C@H]([C@H]5C[C@H]45)[C@@H]3C2=O)cc1)N1CCCCC1. The van der Waals surface area contributed by atoms with Crippen LogP contribution in [0.15, 0.2) is 36.4 Å². The van der Waals surface area contributed by atoms with Gasteiger partial charge in [-0.1, -0.05) is 12.2 Å². The van der Waals surface area contributed by atoms with Gasteiger partial charge in [-0.15, -0.1) is 0 Å². The predicted octanol–water partition coefficient (Wildman–Crippen LogP) is 2.87. The molecular weight excluding hydrogens is 352 g/mol. The molecule has 5 heteroatoms. The van der Waals surface area contributed by atoms with Crippen LogP contribution in [-0.4, -0.2) is 35.7 Å². The van der Waals surface area contributed by atoms with E-state index in [0.29, 0.717) is 23.1 Å². The van der Waals surface area contributed by atoms with Gasteiger partial charge in [0.2, 0.25) is 11.8 Å². The summed E-state index contributed by atoms with van der Waals surface area (Å²) in [4.78, 5) is 42.3. The van der Waals surface area contributed by atoms with Crippen molar-refractivity contribution in [2.45, 2.75) is 25.7 Å². The maximum Gasteiger partial charge on any atom is 0.253 e. The topological polar surface area (TPSA) is 57.7 Å². The highest BCUT2D eigenvalue weighted by atomic mass is 16.2. The highest BCUT2D eigenvalue weighted by Gasteiger charge is 2.67. The fraction of sp³-hybridized carbons (Fsp3) is 0.522. The minimum absolute atomic E-state index is 0.0429. The Morgan fingerprint density at radius 1 is 0.821 bits per heavy atom. The molecule has 0 N–H and O–H groups in total. The normalized spacial score (nSPS) is 37.9. The van der Waals surface area contributed by atoms with Crippen LogP contribution >= 0.6 is 0 Å². The summed E-state index contributed by atoms with van der Waals surface area (Å²) in [5.74, 6) is 1.28. The maximum atomic E-state index is 13.2. The first-order chi connectivity index (χ1) is 13.6. The summed E-state index contributed by atoms with van der Waals surface area (Å²) in [5, 5.41) is 0. The van der Waals surface area contributed by atoms with Crippen molar-refractivity contribution in [3.05, 3.63) is 42.0 Å². The van der Waals surface area contributed by atoms with Crippen LogP contribution in [0.4, 0.5) is 5.69 Å². The number of hydrogen-bond acceptors (Lipinski definition) is 3. The van der Waals surface area contributed by atoms with Gasteiger partial charge < -0.3 is 4.90 Å². The van der Waals surface area contributed by atoms with E-state index in [4.69, 9.17) is 0 Å². The highest BCUT2D eigenvalue weighted by Crippen LogP contribution is 2.65. The molecule has 0 aromatic heterocycles. The lowest BCUT2D eigenvalue weighted by Crippen LogP contribution is -2.40. The molecule has 0 unspecified atom stereocenters. The molecule has 1 aromatic rings.